The largest absolute Gasteiger partial charge is 0.490 e. The lowest BCUT2D eigenvalue weighted by Gasteiger charge is -2.25. The van der Waals surface area contributed by atoms with E-state index in [1.807, 2.05) is 29.3 Å². The maximum Gasteiger partial charge on any atom is 0.490 e. The van der Waals surface area contributed by atoms with Crippen molar-refractivity contribution in [2.45, 2.75) is 64.1 Å². The van der Waals surface area contributed by atoms with Gasteiger partial charge in [-0.15, -0.1) is 0 Å². The van der Waals surface area contributed by atoms with E-state index in [2.05, 4.69) is 27.9 Å². The summed E-state index contributed by atoms with van der Waals surface area (Å²) in [6.45, 7) is 2.58. The highest BCUT2D eigenvalue weighted by molar-refractivity contribution is 5.78. The molecule has 2 aromatic rings. The molecule has 3 heterocycles. The van der Waals surface area contributed by atoms with Gasteiger partial charge in [0.2, 0.25) is 5.91 Å². The minimum atomic E-state index is -5.08. The summed E-state index contributed by atoms with van der Waals surface area (Å²) in [5, 5.41) is 7.12. The average molecular weight is 479 g/mol. The van der Waals surface area contributed by atoms with Crippen LogP contribution in [0, 0.1) is 0 Å². The molecule has 2 aliphatic rings. The SMILES string of the molecule is O=C(CC1=CCCCC1)N1Cc2cccn2CC(OCc2cccnc2)C1.O=C(O)C(F)(F)F. The number of nitrogens with zero attached hydrogens (tertiary/aromatic N) is 3. The third-order valence-corrected chi connectivity index (χ3v) is 5.67. The number of amides is 1. The molecule has 0 spiro atoms. The molecule has 1 N–H and O–H groups in total. The summed E-state index contributed by atoms with van der Waals surface area (Å²) in [4.78, 5) is 28.0. The van der Waals surface area contributed by atoms with E-state index in [0.29, 0.717) is 26.1 Å². The van der Waals surface area contributed by atoms with Crippen LogP contribution in [0.5, 0.6) is 0 Å². The second-order valence-electron chi connectivity index (χ2n) is 8.31. The summed E-state index contributed by atoms with van der Waals surface area (Å²) >= 11 is 0. The van der Waals surface area contributed by atoms with E-state index in [1.165, 1.54) is 24.1 Å². The topological polar surface area (TPSA) is 84.7 Å². The van der Waals surface area contributed by atoms with Gasteiger partial charge in [0.25, 0.3) is 0 Å². The quantitative estimate of drug-likeness (QED) is 0.646. The summed E-state index contributed by atoms with van der Waals surface area (Å²) in [5.41, 5.74) is 3.53. The minimum Gasteiger partial charge on any atom is -0.475 e. The number of pyridine rings is 1. The minimum absolute atomic E-state index is 0.0249. The Labute approximate surface area is 195 Å². The number of carboxylic acid groups (broad SMARTS) is 1. The van der Waals surface area contributed by atoms with E-state index in [9.17, 15) is 18.0 Å². The van der Waals surface area contributed by atoms with Crippen molar-refractivity contribution in [3.05, 3.63) is 65.8 Å². The third-order valence-electron chi connectivity index (χ3n) is 5.67. The van der Waals surface area contributed by atoms with Crippen LogP contribution in [-0.4, -0.2) is 50.3 Å². The maximum absolute atomic E-state index is 13.0. The molecule has 7 nitrogen and oxygen atoms in total. The molecule has 0 aromatic carbocycles. The Morgan fingerprint density at radius 3 is 2.62 bits per heavy atom. The molecule has 184 valence electrons. The first kappa shape index (κ1) is 25.5. The number of rotatable bonds is 5. The normalized spacial score (nSPS) is 18.1. The molecule has 0 fully saturated rings. The zero-order valence-electron chi connectivity index (χ0n) is 18.7. The first-order chi connectivity index (χ1) is 16.2. The van der Waals surface area contributed by atoms with Crippen LogP contribution in [0.25, 0.3) is 0 Å². The van der Waals surface area contributed by atoms with Gasteiger partial charge in [-0.05, 0) is 49.4 Å². The molecule has 0 radical (unpaired) electrons. The number of carbonyl (C=O) groups excluding carboxylic acids is 1. The van der Waals surface area contributed by atoms with Crippen molar-refractivity contribution < 1.29 is 32.6 Å². The Bertz CT molecular complexity index is 989. The maximum atomic E-state index is 13.0. The summed E-state index contributed by atoms with van der Waals surface area (Å²) in [7, 11) is 0. The van der Waals surface area contributed by atoms with Gasteiger partial charge in [0.1, 0.15) is 0 Å². The van der Waals surface area contributed by atoms with Gasteiger partial charge in [0, 0.05) is 37.3 Å². The summed E-state index contributed by atoms with van der Waals surface area (Å²) in [6.07, 6.45) is 8.01. The molecule has 1 atom stereocenters. The predicted molar refractivity (Wildman–Crippen MR) is 118 cm³/mol. The first-order valence-corrected chi connectivity index (χ1v) is 11.1. The van der Waals surface area contributed by atoms with Crippen molar-refractivity contribution in [3.8, 4) is 0 Å². The Kier molecular flexibility index (Phi) is 8.86. The van der Waals surface area contributed by atoms with Gasteiger partial charge in [-0.25, -0.2) is 4.79 Å². The number of halogens is 3. The second kappa shape index (κ2) is 11.8. The molecule has 1 aliphatic carbocycles. The van der Waals surface area contributed by atoms with Gasteiger partial charge in [0.15, 0.2) is 0 Å². The van der Waals surface area contributed by atoms with E-state index >= 15 is 0 Å². The summed E-state index contributed by atoms with van der Waals surface area (Å²) in [5.74, 6) is -2.54. The molecule has 2 aromatic heterocycles. The predicted octanol–water partition coefficient (Wildman–Crippen LogP) is 4.33. The fourth-order valence-corrected chi connectivity index (χ4v) is 3.92. The Morgan fingerprint density at radius 2 is 1.97 bits per heavy atom. The van der Waals surface area contributed by atoms with E-state index in [0.717, 1.165) is 24.9 Å². The lowest BCUT2D eigenvalue weighted by molar-refractivity contribution is -0.192. The number of hydrogen-bond donors (Lipinski definition) is 1. The number of carbonyl (C=O) groups is 2. The fraction of sp³-hybridized carbons (Fsp3) is 0.458. The Morgan fingerprint density at radius 1 is 1.18 bits per heavy atom. The van der Waals surface area contributed by atoms with E-state index < -0.39 is 12.1 Å². The number of allylic oxidation sites excluding steroid dienone is 1. The summed E-state index contributed by atoms with van der Waals surface area (Å²) in [6, 6.07) is 8.08. The Hall–Kier alpha value is -3.14. The Balaban J connectivity index is 0.000000406. The molecule has 1 unspecified atom stereocenters. The van der Waals surface area contributed by atoms with Crippen LogP contribution >= 0.6 is 0 Å². The number of fused-ring (bicyclic) bond motifs is 1. The second-order valence-corrected chi connectivity index (χ2v) is 8.31. The van der Waals surface area contributed by atoms with E-state index in [4.69, 9.17) is 14.6 Å². The fourth-order valence-electron chi connectivity index (χ4n) is 3.92. The smallest absolute Gasteiger partial charge is 0.475 e. The number of carboxylic acids is 1. The van der Waals surface area contributed by atoms with Crippen molar-refractivity contribution in [2.75, 3.05) is 6.54 Å². The zero-order valence-corrected chi connectivity index (χ0v) is 18.7. The number of ether oxygens (including phenoxy) is 1. The van der Waals surface area contributed by atoms with Gasteiger partial charge in [-0.1, -0.05) is 17.7 Å². The van der Waals surface area contributed by atoms with Gasteiger partial charge in [-0.2, -0.15) is 13.2 Å². The first-order valence-electron chi connectivity index (χ1n) is 11.1. The monoisotopic (exact) mass is 479 g/mol. The molecule has 4 rings (SSSR count). The van der Waals surface area contributed by atoms with E-state index in [-0.39, 0.29) is 12.0 Å². The highest BCUT2D eigenvalue weighted by atomic mass is 19.4. The molecule has 0 saturated carbocycles. The van der Waals surface area contributed by atoms with Gasteiger partial charge < -0.3 is 19.3 Å². The van der Waals surface area contributed by atoms with Crippen molar-refractivity contribution in [2.24, 2.45) is 0 Å². The molecule has 1 amide bonds. The molecule has 34 heavy (non-hydrogen) atoms. The number of hydrogen-bond acceptors (Lipinski definition) is 4. The van der Waals surface area contributed by atoms with Crippen LogP contribution in [-0.2, 0) is 34.0 Å². The van der Waals surface area contributed by atoms with Gasteiger partial charge in [-0.3, -0.25) is 9.78 Å². The van der Waals surface area contributed by atoms with Crippen LogP contribution in [0.2, 0.25) is 0 Å². The van der Waals surface area contributed by atoms with Crippen LogP contribution in [0.1, 0.15) is 43.4 Å². The lowest BCUT2D eigenvalue weighted by Crippen LogP contribution is -2.37. The molecular formula is C24H28F3N3O4. The number of aromatic nitrogens is 2. The van der Waals surface area contributed by atoms with Gasteiger partial charge in [0.05, 0.1) is 25.8 Å². The number of aliphatic carboxylic acids is 1. The molecule has 1 aliphatic heterocycles. The van der Waals surface area contributed by atoms with Crippen molar-refractivity contribution >= 4 is 11.9 Å². The zero-order chi connectivity index (χ0) is 24.6. The average Bonchev–Trinajstić information content (AvgIpc) is 3.16. The van der Waals surface area contributed by atoms with Crippen LogP contribution in [0.3, 0.4) is 0 Å². The van der Waals surface area contributed by atoms with Crippen molar-refractivity contribution in [3.63, 3.8) is 0 Å². The highest BCUT2D eigenvalue weighted by Crippen LogP contribution is 2.23. The standard InChI is InChI=1S/C22H27N3O2.C2HF3O2/c26-22(12-18-6-2-1-3-7-18)25-14-20-9-5-11-24(20)15-21(16-25)27-17-19-8-4-10-23-13-19;3-2(4,5)1(6)7/h4-6,8-11,13,21H,1-3,7,12,14-17H2;(H,6,7). The summed E-state index contributed by atoms with van der Waals surface area (Å²) < 4.78 is 40.1. The highest BCUT2D eigenvalue weighted by Gasteiger charge is 2.38. The van der Waals surface area contributed by atoms with Crippen molar-refractivity contribution in [1.29, 1.82) is 0 Å². The van der Waals surface area contributed by atoms with Crippen LogP contribution < -0.4 is 0 Å². The molecule has 0 saturated heterocycles. The van der Waals surface area contributed by atoms with Gasteiger partial charge >= 0.3 is 12.1 Å². The van der Waals surface area contributed by atoms with E-state index in [1.54, 1.807) is 6.20 Å². The number of alkyl halides is 3. The molecule has 10 heteroatoms. The molecular weight excluding hydrogens is 451 g/mol. The van der Waals surface area contributed by atoms with Crippen LogP contribution in [0.15, 0.2) is 54.5 Å². The molecule has 0 bridgehead atoms. The lowest BCUT2D eigenvalue weighted by atomic mass is 9.97. The van der Waals surface area contributed by atoms with Crippen LogP contribution in [0.4, 0.5) is 13.2 Å². The van der Waals surface area contributed by atoms with Crippen molar-refractivity contribution in [1.82, 2.24) is 14.5 Å². The third kappa shape index (κ3) is 7.72.